The largest absolute Gasteiger partial charge is 0.348 e. The molecule has 14 heavy (non-hydrogen) atoms. The van der Waals surface area contributed by atoms with Gasteiger partial charge in [0, 0.05) is 19.0 Å². The van der Waals surface area contributed by atoms with Crippen molar-refractivity contribution in [2.24, 2.45) is 0 Å². The molecule has 78 valence electrons. The maximum absolute atomic E-state index is 11.4. The molecule has 1 saturated heterocycles. The van der Waals surface area contributed by atoms with Crippen molar-refractivity contribution in [3.05, 3.63) is 12.7 Å². The molecule has 0 aromatic heterocycles. The van der Waals surface area contributed by atoms with E-state index in [9.17, 15) is 9.59 Å². The first-order valence-electron chi connectivity index (χ1n) is 4.77. The summed E-state index contributed by atoms with van der Waals surface area (Å²) in [6.07, 6.45) is 1.63. The van der Waals surface area contributed by atoms with Crippen LogP contribution in [0.25, 0.3) is 0 Å². The van der Waals surface area contributed by atoms with E-state index in [2.05, 4.69) is 11.9 Å². The minimum Gasteiger partial charge on any atom is -0.348 e. The number of carbonyl (C=O) groups excluding carboxylic acids is 2. The highest BCUT2D eigenvalue weighted by atomic mass is 16.2. The summed E-state index contributed by atoms with van der Waals surface area (Å²) in [5, 5.41) is 2.72. The molecule has 4 heteroatoms. The van der Waals surface area contributed by atoms with Crippen molar-refractivity contribution in [2.45, 2.75) is 32.4 Å². The van der Waals surface area contributed by atoms with Gasteiger partial charge in [0.1, 0.15) is 0 Å². The molecule has 1 heterocycles. The Kier molecular flexibility index (Phi) is 3.28. The molecule has 0 saturated carbocycles. The van der Waals surface area contributed by atoms with Crippen molar-refractivity contribution < 1.29 is 9.59 Å². The Hall–Kier alpha value is -1.32. The SMILES string of the molecule is C=CC(=O)NC1CC(=O)N(C(C)C)C1. The van der Waals surface area contributed by atoms with Gasteiger partial charge in [0.15, 0.2) is 0 Å². The first-order valence-corrected chi connectivity index (χ1v) is 4.77. The van der Waals surface area contributed by atoms with E-state index in [1.54, 1.807) is 4.90 Å². The van der Waals surface area contributed by atoms with E-state index in [0.717, 1.165) is 0 Å². The van der Waals surface area contributed by atoms with Gasteiger partial charge >= 0.3 is 0 Å². The van der Waals surface area contributed by atoms with Gasteiger partial charge in [-0.1, -0.05) is 6.58 Å². The van der Waals surface area contributed by atoms with Crippen LogP contribution in [0.3, 0.4) is 0 Å². The second kappa shape index (κ2) is 4.26. The summed E-state index contributed by atoms with van der Waals surface area (Å²) in [6, 6.07) is 0.142. The van der Waals surface area contributed by atoms with Crippen molar-refractivity contribution in [1.82, 2.24) is 10.2 Å². The van der Waals surface area contributed by atoms with Gasteiger partial charge in [-0.25, -0.2) is 0 Å². The van der Waals surface area contributed by atoms with E-state index >= 15 is 0 Å². The average Bonchev–Trinajstić information content (AvgIpc) is 2.46. The molecule has 0 bridgehead atoms. The van der Waals surface area contributed by atoms with Crippen LogP contribution in [0.2, 0.25) is 0 Å². The van der Waals surface area contributed by atoms with Crippen molar-refractivity contribution in [3.63, 3.8) is 0 Å². The van der Waals surface area contributed by atoms with E-state index in [4.69, 9.17) is 0 Å². The van der Waals surface area contributed by atoms with E-state index in [-0.39, 0.29) is 23.9 Å². The monoisotopic (exact) mass is 196 g/mol. The van der Waals surface area contributed by atoms with Gasteiger partial charge in [0.05, 0.1) is 6.04 Å². The number of rotatable bonds is 3. The van der Waals surface area contributed by atoms with Crippen LogP contribution in [0.1, 0.15) is 20.3 Å². The van der Waals surface area contributed by atoms with Crippen molar-refractivity contribution in [2.75, 3.05) is 6.54 Å². The first kappa shape index (κ1) is 10.8. The fraction of sp³-hybridized carbons (Fsp3) is 0.600. The highest BCUT2D eigenvalue weighted by molar-refractivity contribution is 5.88. The van der Waals surface area contributed by atoms with Crippen LogP contribution in [0.5, 0.6) is 0 Å². The summed E-state index contributed by atoms with van der Waals surface area (Å²) in [6.45, 7) is 7.91. The number of hydrogen-bond acceptors (Lipinski definition) is 2. The fourth-order valence-corrected chi connectivity index (χ4v) is 1.59. The standard InChI is InChI=1S/C10H16N2O2/c1-4-9(13)11-8-5-10(14)12(6-8)7(2)3/h4,7-8H,1,5-6H2,2-3H3,(H,11,13). The zero-order valence-corrected chi connectivity index (χ0v) is 8.62. The number of nitrogens with zero attached hydrogens (tertiary/aromatic N) is 1. The Morgan fingerprint density at radius 1 is 1.71 bits per heavy atom. The molecule has 2 amide bonds. The molecule has 1 unspecified atom stereocenters. The molecule has 0 aromatic rings. The molecule has 0 aromatic carbocycles. The minimum absolute atomic E-state index is 0.0598. The molecule has 1 aliphatic heterocycles. The molecule has 4 nitrogen and oxygen atoms in total. The second-order valence-corrected chi connectivity index (χ2v) is 3.75. The smallest absolute Gasteiger partial charge is 0.243 e. The van der Waals surface area contributed by atoms with Crippen molar-refractivity contribution >= 4 is 11.8 Å². The first-order chi connectivity index (χ1) is 6.54. The number of amides is 2. The van der Waals surface area contributed by atoms with E-state index in [0.29, 0.717) is 13.0 Å². The van der Waals surface area contributed by atoms with E-state index in [1.165, 1.54) is 6.08 Å². The predicted molar refractivity (Wildman–Crippen MR) is 53.6 cm³/mol. The molecule has 1 N–H and O–H groups in total. The lowest BCUT2D eigenvalue weighted by molar-refractivity contribution is -0.129. The second-order valence-electron chi connectivity index (χ2n) is 3.75. The fourth-order valence-electron chi connectivity index (χ4n) is 1.59. The van der Waals surface area contributed by atoms with Gasteiger partial charge < -0.3 is 10.2 Å². The molecule has 1 fully saturated rings. The third-order valence-corrected chi connectivity index (χ3v) is 2.31. The summed E-state index contributed by atoms with van der Waals surface area (Å²) in [4.78, 5) is 24.2. The minimum atomic E-state index is -0.214. The van der Waals surface area contributed by atoms with Crippen molar-refractivity contribution in [1.29, 1.82) is 0 Å². The number of nitrogens with one attached hydrogen (secondary N) is 1. The van der Waals surface area contributed by atoms with Gasteiger partial charge in [-0.05, 0) is 19.9 Å². The Balaban J connectivity index is 2.50. The van der Waals surface area contributed by atoms with Gasteiger partial charge in [-0.3, -0.25) is 9.59 Å². The maximum atomic E-state index is 11.4. The molecular formula is C10H16N2O2. The molecule has 0 spiro atoms. The van der Waals surface area contributed by atoms with Crippen molar-refractivity contribution in [3.8, 4) is 0 Å². The summed E-state index contributed by atoms with van der Waals surface area (Å²) in [5.74, 6) is -0.109. The Morgan fingerprint density at radius 3 is 2.79 bits per heavy atom. The quantitative estimate of drug-likeness (QED) is 0.660. The molecule has 0 radical (unpaired) electrons. The number of hydrogen-bond donors (Lipinski definition) is 1. The third kappa shape index (κ3) is 2.34. The molecule has 1 rings (SSSR count). The van der Waals surface area contributed by atoms with Crippen LogP contribution in [-0.4, -0.2) is 35.3 Å². The molecular weight excluding hydrogens is 180 g/mol. The number of likely N-dealkylation sites (tertiary alicyclic amines) is 1. The van der Waals surface area contributed by atoms with Gasteiger partial charge in [-0.15, -0.1) is 0 Å². The average molecular weight is 196 g/mol. The Morgan fingerprint density at radius 2 is 2.36 bits per heavy atom. The van der Waals surface area contributed by atoms with Crippen LogP contribution < -0.4 is 5.32 Å². The van der Waals surface area contributed by atoms with Crippen LogP contribution in [0, 0.1) is 0 Å². The summed E-state index contributed by atoms with van der Waals surface area (Å²) in [5.41, 5.74) is 0. The topological polar surface area (TPSA) is 49.4 Å². The highest BCUT2D eigenvalue weighted by Crippen LogP contribution is 2.13. The zero-order valence-electron chi connectivity index (χ0n) is 8.62. The maximum Gasteiger partial charge on any atom is 0.243 e. The van der Waals surface area contributed by atoms with E-state index < -0.39 is 0 Å². The lowest BCUT2D eigenvalue weighted by Crippen LogP contribution is -2.38. The predicted octanol–water partition coefficient (Wildman–Crippen LogP) is 0.298. The lowest BCUT2D eigenvalue weighted by Gasteiger charge is -2.20. The summed E-state index contributed by atoms with van der Waals surface area (Å²) in [7, 11) is 0. The molecule has 1 atom stereocenters. The Bertz CT molecular complexity index is 261. The third-order valence-electron chi connectivity index (χ3n) is 2.31. The Labute approximate surface area is 84.0 Å². The van der Waals surface area contributed by atoms with Gasteiger partial charge in [0.2, 0.25) is 11.8 Å². The van der Waals surface area contributed by atoms with Crippen LogP contribution >= 0.6 is 0 Å². The summed E-state index contributed by atoms with van der Waals surface area (Å²) >= 11 is 0. The molecule has 1 aliphatic rings. The van der Waals surface area contributed by atoms with Crippen LogP contribution in [0.15, 0.2) is 12.7 Å². The molecule has 0 aliphatic carbocycles. The summed E-state index contributed by atoms with van der Waals surface area (Å²) < 4.78 is 0. The van der Waals surface area contributed by atoms with Crippen LogP contribution in [-0.2, 0) is 9.59 Å². The van der Waals surface area contributed by atoms with E-state index in [1.807, 2.05) is 13.8 Å². The normalized spacial score (nSPS) is 21.5. The highest BCUT2D eigenvalue weighted by Gasteiger charge is 2.31. The van der Waals surface area contributed by atoms with Gasteiger partial charge in [0.25, 0.3) is 0 Å². The number of carbonyl (C=O) groups is 2. The van der Waals surface area contributed by atoms with Crippen LogP contribution in [0.4, 0.5) is 0 Å². The lowest BCUT2D eigenvalue weighted by atomic mass is 10.2. The zero-order chi connectivity index (χ0) is 10.7. The van der Waals surface area contributed by atoms with Gasteiger partial charge in [-0.2, -0.15) is 0 Å².